The van der Waals surface area contributed by atoms with E-state index >= 15 is 0 Å². The molecule has 0 unspecified atom stereocenters. The zero-order valence-corrected chi connectivity index (χ0v) is 10.0. The fraction of sp³-hybridized carbons (Fsp3) is 0.333. The third-order valence-corrected chi connectivity index (χ3v) is 3.06. The fourth-order valence-corrected chi connectivity index (χ4v) is 2.09. The molecular weight excluding hydrogens is 238 g/mol. The first kappa shape index (κ1) is 10.7. The maximum atomic E-state index is 5.91. The van der Waals surface area contributed by atoms with E-state index in [0.717, 1.165) is 43.2 Å². The van der Waals surface area contributed by atoms with Gasteiger partial charge in [0.15, 0.2) is 0 Å². The summed E-state index contributed by atoms with van der Waals surface area (Å²) in [6, 6.07) is 5.56. The molecule has 0 aliphatic carbocycles. The summed E-state index contributed by atoms with van der Waals surface area (Å²) in [6.07, 6.45) is 1.80. The van der Waals surface area contributed by atoms with Crippen molar-refractivity contribution in [2.24, 2.45) is 0 Å². The first-order valence-corrected chi connectivity index (χ1v) is 5.96. The number of benzene rings is 1. The second kappa shape index (κ2) is 4.47. The second-order valence-corrected chi connectivity index (χ2v) is 4.40. The molecule has 2 heterocycles. The van der Waals surface area contributed by atoms with Crippen molar-refractivity contribution in [2.75, 3.05) is 31.2 Å². The molecule has 2 aromatic rings. The first-order chi connectivity index (χ1) is 8.33. The summed E-state index contributed by atoms with van der Waals surface area (Å²) < 4.78 is 5.32. The zero-order chi connectivity index (χ0) is 11.7. The third-order valence-electron chi connectivity index (χ3n) is 2.83. The average Bonchev–Trinajstić information content (AvgIpc) is 2.39. The molecule has 5 heteroatoms. The highest BCUT2D eigenvalue weighted by molar-refractivity contribution is 6.31. The predicted octanol–water partition coefficient (Wildman–Crippen LogP) is 2.12. The molecule has 3 rings (SSSR count). The van der Waals surface area contributed by atoms with Gasteiger partial charge in [-0.3, -0.25) is 4.98 Å². The average molecular weight is 250 g/mol. The molecule has 0 N–H and O–H groups in total. The highest BCUT2D eigenvalue weighted by Crippen LogP contribution is 2.19. The van der Waals surface area contributed by atoms with Crippen LogP contribution in [0.25, 0.3) is 11.0 Å². The van der Waals surface area contributed by atoms with Gasteiger partial charge < -0.3 is 9.64 Å². The number of hydrogen-bond donors (Lipinski definition) is 0. The molecule has 1 fully saturated rings. The monoisotopic (exact) mass is 249 g/mol. The van der Waals surface area contributed by atoms with E-state index in [1.807, 2.05) is 18.2 Å². The molecule has 0 bridgehead atoms. The SMILES string of the molecule is Clc1ccc2nc(N3CCOCC3)cnc2c1. The lowest BCUT2D eigenvalue weighted by atomic mass is 10.3. The Kier molecular flexibility index (Phi) is 2.82. The minimum Gasteiger partial charge on any atom is -0.378 e. The Labute approximate surface area is 104 Å². The Morgan fingerprint density at radius 3 is 2.82 bits per heavy atom. The topological polar surface area (TPSA) is 38.2 Å². The van der Waals surface area contributed by atoms with Gasteiger partial charge in [-0.2, -0.15) is 0 Å². The highest BCUT2D eigenvalue weighted by atomic mass is 35.5. The lowest BCUT2D eigenvalue weighted by Gasteiger charge is -2.27. The Morgan fingerprint density at radius 2 is 2.00 bits per heavy atom. The van der Waals surface area contributed by atoms with Gasteiger partial charge in [-0.25, -0.2) is 4.98 Å². The van der Waals surface area contributed by atoms with Crippen LogP contribution in [-0.4, -0.2) is 36.3 Å². The number of rotatable bonds is 1. The van der Waals surface area contributed by atoms with Gasteiger partial charge in [0.2, 0.25) is 0 Å². The van der Waals surface area contributed by atoms with Crippen LogP contribution >= 0.6 is 11.6 Å². The van der Waals surface area contributed by atoms with Gasteiger partial charge in [0.1, 0.15) is 5.82 Å². The summed E-state index contributed by atoms with van der Waals surface area (Å²) in [7, 11) is 0. The van der Waals surface area contributed by atoms with Gasteiger partial charge in [-0.05, 0) is 18.2 Å². The van der Waals surface area contributed by atoms with Crippen molar-refractivity contribution in [3.8, 4) is 0 Å². The number of hydrogen-bond acceptors (Lipinski definition) is 4. The molecule has 1 aliphatic rings. The number of aromatic nitrogens is 2. The standard InChI is InChI=1S/C12H12ClN3O/c13-9-1-2-10-11(7-9)14-8-12(15-10)16-3-5-17-6-4-16/h1-2,7-8H,3-6H2. The molecule has 17 heavy (non-hydrogen) atoms. The van der Waals surface area contributed by atoms with Crippen molar-refractivity contribution in [3.63, 3.8) is 0 Å². The first-order valence-electron chi connectivity index (χ1n) is 5.58. The van der Waals surface area contributed by atoms with Crippen LogP contribution in [0.4, 0.5) is 5.82 Å². The molecule has 1 saturated heterocycles. The summed E-state index contributed by atoms with van der Waals surface area (Å²) in [5.74, 6) is 0.906. The molecule has 0 spiro atoms. The molecule has 1 aromatic carbocycles. The largest absolute Gasteiger partial charge is 0.378 e. The molecule has 1 aromatic heterocycles. The lowest BCUT2D eigenvalue weighted by Crippen LogP contribution is -2.36. The molecular formula is C12H12ClN3O. The fourth-order valence-electron chi connectivity index (χ4n) is 1.92. The molecule has 0 saturated carbocycles. The molecule has 88 valence electrons. The van der Waals surface area contributed by atoms with E-state index in [1.165, 1.54) is 0 Å². The normalized spacial score (nSPS) is 16.4. The zero-order valence-electron chi connectivity index (χ0n) is 9.27. The lowest BCUT2D eigenvalue weighted by molar-refractivity contribution is 0.122. The number of nitrogens with zero attached hydrogens (tertiary/aromatic N) is 3. The van der Waals surface area contributed by atoms with Crippen LogP contribution in [0, 0.1) is 0 Å². The Balaban J connectivity index is 1.98. The van der Waals surface area contributed by atoms with Crippen LogP contribution in [0.15, 0.2) is 24.4 Å². The highest BCUT2D eigenvalue weighted by Gasteiger charge is 2.13. The number of morpholine rings is 1. The number of halogens is 1. The Morgan fingerprint density at radius 1 is 1.18 bits per heavy atom. The Bertz CT molecular complexity index is 540. The summed E-state index contributed by atoms with van der Waals surface area (Å²) >= 11 is 5.91. The maximum Gasteiger partial charge on any atom is 0.148 e. The van der Waals surface area contributed by atoms with E-state index in [2.05, 4.69) is 14.9 Å². The molecule has 1 aliphatic heterocycles. The summed E-state index contributed by atoms with van der Waals surface area (Å²) in [6.45, 7) is 3.24. The van der Waals surface area contributed by atoms with Crippen molar-refractivity contribution in [1.29, 1.82) is 0 Å². The van der Waals surface area contributed by atoms with Crippen LogP contribution in [0.5, 0.6) is 0 Å². The van der Waals surface area contributed by atoms with E-state index in [4.69, 9.17) is 16.3 Å². The van der Waals surface area contributed by atoms with Gasteiger partial charge in [-0.15, -0.1) is 0 Å². The summed E-state index contributed by atoms with van der Waals surface area (Å²) in [5.41, 5.74) is 1.70. The second-order valence-electron chi connectivity index (χ2n) is 3.96. The van der Waals surface area contributed by atoms with Crippen molar-refractivity contribution in [2.45, 2.75) is 0 Å². The summed E-state index contributed by atoms with van der Waals surface area (Å²) in [5, 5.41) is 0.686. The minimum absolute atomic E-state index is 0.686. The van der Waals surface area contributed by atoms with Gasteiger partial charge >= 0.3 is 0 Å². The van der Waals surface area contributed by atoms with Crippen molar-refractivity contribution in [3.05, 3.63) is 29.4 Å². The maximum absolute atomic E-state index is 5.91. The van der Waals surface area contributed by atoms with Crippen molar-refractivity contribution < 1.29 is 4.74 Å². The van der Waals surface area contributed by atoms with Gasteiger partial charge in [0.05, 0.1) is 30.4 Å². The van der Waals surface area contributed by atoms with Crippen LogP contribution in [0.1, 0.15) is 0 Å². The van der Waals surface area contributed by atoms with E-state index < -0.39 is 0 Å². The van der Waals surface area contributed by atoms with E-state index in [0.29, 0.717) is 5.02 Å². The van der Waals surface area contributed by atoms with Crippen LogP contribution < -0.4 is 4.90 Å². The van der Waals surface area contributed by atoms with Crippen LogP contribution in [0.3, 0.4) is 0 Å². The molecule has 0 amide bonds. The van der Waals surface area contributed by atoms with Crippen molar-refractivity contribution >= 4 is 28.5 Å². The quantitative estimate of drug-likeness (QED) is 0.776. The predicted molar refractivity (Wildman–Crippen MR) is 67.6 cm³/mol. The van der Waals surface area contributed by atoms with Crippen LogP contribution in [0.2, 0.25) is 5.02 Å². The molecule has 4 nitrogen and oxygen atoms in total. The van der Waals surface area contributed by atoms with E-state index in [9.17, 15) is 0 Å². The van der Waals surface area contributed by atoms with Gasteiger partial charge in [0, 0.05) is 18.1 Å². The molecule has 0 radical (unpaired) electrons. The van der Waals surface area contributed by atoms with E-state index in [1.54, 1.807) is 6.20 Å². The number of ether oxygens (including phenoxy) is 1. The molecule has 0 atom stereocenters. The number of anilines is 1. The van der Waals surface area contributed by atoms with Crippen LogP contribution in [-0.2, 0) is 4.74 Å². The van der Waals surface area contributed by atoms with E-state index in [-0.39, 0.29) is 0 Å². The van der Waals surface area contributed by atoms with Gasteiger partial charge in [-0.1, -0.05) is 11.6 Å². The smallest absolute Gasteiger partial charge is 0.148 e. The third kappa shape index (κ3) is 2.18. The Hall–Kier alpha value is -1.39. The van der Waals surface area contributed by atoms with Gasteiger partial charge in [0.25, 0.3) is 0 Å². The summed E-state index contributed by atoms with van der Waals surface area (Å²) in [4.78, 5) is 11.2. The number of fused-ring (bicyclic) bond motifs is 1. The minimum atomic E-state index is 0.686. The van der Waals surface area contributed by atoms with Crippen molar-refractivity contribution in [1.82, 2.24) is 9.97 Å².